The lowest BCUT2D eigenvalue weighted by Crippen LogP contribution is -2.41. The lowest BCUT2D eigenvalue weighted by molar-refractivity contribution is 0.0405. The fourth-order valence-electron chi connectivity index (χ4n) is 1.35. The zero-order valence-electron chi connectivity index (χ0n) is 10.2. The van der Waals surface area contributed by atoms with E-state index >= 15 is 0 Å². The van der Waals surface area contributed by atoms with Crippen molar-refractivity contribution >= 4 is 7.12 Å². The van der Waals surface area contributed by atoms with Gasteiger partial charge in [0.25, 0.3) is 0 Å². The van der Waals surface area contributed by atoms with Crippen molar-refractivity contribution in [3.63, 3.8) is 0 Å². The molecule has 2 N–H and O–H groups in total. The Hall–Kier alpha value is -0.315. The summed E-state index contributed by atoms with van der Waals surface area (Å²) in [5, 5.41) is 13.2. The van der Waals surface area contributed by atoms with Crippen LogP contribution in [0.3, 0.4) is 0 Å². The summed E-state index contributed by atoms with van der Waals surface area (Å²) in [7, 11) is -0.768. The van der Waals surface area contributed by atoms with Gasteiger partial charge in [-0.2, -0.15) is 0 Å². The van der Waals surface area contributed by atoms with Crippen LogP contribution in [-0.4, -0.2) is 30.8 Å². The molecular weight excluding hydrogens is 189 g/mol. The van der Waals surface area contributed by atoms with Crippen LogP contribution in [0, 0.1) is 5.92 Å². The molecule has 0 spiro atoms. The Morgan fingerprint density at radius 1 is 1.53 bits per heavy atom. The first-order valence-corrected chi connectivity index (χ1v) is 5.69. The van der Waals surface area contributed by atoms with Crippen molar-refractivity contribution in [3.8, 4) is 0 Å². The van der Waals surface area contributed by atoms with Crippen LogP contribution >= 0.6 is 0 Å². The molecule has 0 bridgehead atoms. The summed E-state index contributed by atoms with van der Waals surface area (Å²) in [6.07, 6.45) is 3.04. The molecule has 1 aliphatic heterocycles. The molecule has 0 saturated heterocycles. The molecule has 1 heterocycles. The molecule has 0 fully saturated rings. The quantitative estimate of drug-likeness (QED) is 0.690. The lowest BCUT2D eigenvalue weighted by Gasteiger charge is -2.32. The van der Waals surface area contributed by atoms with Crippen LogP contribution in [0.1, 0.15) is 34.1 Å². The lowest BCUT2D eigenvalue weighted by atomic mass is 9.75. The van der Waals surface area contributed by atoms with Crippen LogP contribution in [0.25, 0.3) is 0 Å². The van der Waals surface area contributed by atoms with Gasteiger partial charge in [-0.15, -0.1) is 0 Å². The van der Waals surface area contributed by atoms with E-state index in [0.29, 0.717) is 5.92 Å². The molecule has 0 atom stereocenters. The van der Waals surface area contributed by atoms with Crippen molar-refractivity contribution in [3.05, 3.63) is 11.5 Å². The summed E-state index contributed by atoms with van der Waals surface area (Å²) in [6, 6.07) is 0. The maximum absolute atomic E-state index is 9.93. The smallest absolute Gasteiger partial charge is 0.423 e. The minimum absolute atomic E-state index is 0.294. The largest absolute Gasteiger partial charge is 0.488 e. The van der Waals surface area contributed by atoms with Crippen LogP contribution in [-0.2, 0) is 4.65 Å². The number of nitrogens with one attached hydrogen (secondary N) is 1. The molecule has 0 aromatic carbocycles. The number of hydrogen-bond acceptors (Lipinski definition) is 3. The van der Waals surface area contributed by atoms with Crippen molar-refractivity contribution in [2.75, 3.05) is 13.1 Å². The highest BCUT2D eigenvalue weighted by molar-refractivity contribution is 6.52. The Morgan fingerprint density at radius 3 is 2.67 bits per heavy atom. The van der Waals surface area contributed by atoms with Gasteiger partial charge in [0.1, 0.15) is 0 Å². The molecule has 86 valence electrons. The maximum Gasteiger partial charge on any atom is 0.488 e. The number of hydrogen-bond donors (Lipinski definition) is 2. The number of rotatable bonds is 4. The minimum atomic E-state index is -0.768. The van der Waals surface area contributed by atoms with Crippen LogP contribution < -0.4 is 5.32 Å². The van der Waals surface area contributed by atoms with E-state index in [4.69, 9.17) is 4.65 Å². The molecule has 15 heavy (non-hydrogen) atoms. The van der Waals surface area contributed by atoms with Gasteiger partial charge >= 0.3 is 7.12 Å². The van der Waals surface area contributed by atoms with E-state index in [-0.39, 0.29) is 5.60 Å². The van der Waals surface area contributed by atoms with E-state index in [1.807, 2.05) is 13.8 Å². The Balaban J connectivity index is 2.54. The average molecular weight is 211 g/mol. The van der Waals surface area contributed by atoms with Crippen LogP contribution in [0.5, 0.6) is 0 Å². The van der Waals surface area contributed by atoms with Gasteiger partial charge in [0, 0.05) is 6.54 Å². The third-order valence-corrected chi connectivity index (χ3v) is 3.18. The second-order valence-corrected chi connectivity index (χ2v) is 4.97. The first kappa shape index (κ1) is 12.8. The Labute approximate surface area is 93.0 Å². The average Bonchev–Trinajstić information content (AvgIpc) is 2.18. The molecule has 0 unspecified atom stereocenters. The molecule has 0 amide bonds. The predicted molar refractivity (Wildman–Crippen MR) is 63.5 cm³/mol. The van der Waals surface area contributed by atoms with Gasteiger partial charge in [-0.1, -0.05) is 19.9 Å². The van der Waals surface area contributed by atoms with Crippen molar-refractivity contribution in [2.24, 2.45) is 5.92 Å². The van der Waals surface area contributed by atoms with Gasteiger partial charge in [0.05, 0.1) is 5.60 Å². The molecule has 1 aliphatic rings. The highest BCUT2D eigenvalue weighted by Gasteiger charge is 2.31. The maximum atomic E-state index is 9.93. The van der Waals surface area contributed by atoms with Crippen molar-refractivity contribution in [1.29, 1.82) is 0 Å². The summed E-state index contributed by atoms with van der Waals surface area (Å²) in [6.45, 7) is 9.94. The van der Waals surface area contributed by atoms with E-state index in [2.05, 4.69) is 25.2 Å². The third-order valence-electron chi connectivity index (χ3n) is 3.18. The second-order valence-electron chi connectivity index (χ2n) is 4.97. The first-order chi connectivity index (χ1) is 6.93. The molecule has 0 aromatic rings. The van der Waals surface area contributed by atoms with E-state index in [0.717, 1.165) is 25.0 Å². The molecular formula is C11H22BNO2. The Bertz CT molecular complexity index is 239. The monoisotopic (exact) mass is 211 g/mol. The summed E-state index contributed by atoms with van der Waals surface area (Å²) >= 11 is 0. The van der Waals surface area contributed by atoms with Crippen LogP contribution in [0.15, 0.2) is 11.5 Å². The Kier molecular flexibility index (Phi) is 4.38. The van der Waals surface area contributed by atoms with E-state index in [1.165, 1.54) is 0 Å². The fourth-order valence-corrected chi connectivity index (χ4v) is 1.35. The predicted octanol–water partition coefficient (Wildman–Crippen LogP) is 1.38. The molecule has 1 rings (SSSR count). The van der Waals surface area contributed by atoms with Gasteiger partial charge in [-0.05, 0) is 38.2 Å². The van der Waals surface area contributed by atoms with E-state index in [1.54, 1.807) is 0 Å². The van der Waals surface area contributed by atoms with E-state index < -0.39 is 7.12 Å². The first-order valence-electron chi connectivity index (χ1n) is 5.69. The standard InChI is InChI=1S/C11H22BNO2/c1-9(2)11(3,4)15-12(14)10-6-5-7-13-8-10/h6,9,13-14H,5,7-8H2,1-4H3. The third kappa shape index (κ3) is 3.63. The fraction of sp³-hybridized carbons (Fsp3) is 0.818. The molecule has 0 aliphatic carbocycles. The van der Waals surface area contributed by atoms with Gasteiger partial charge in [0.2, 0.25) is 0 Å². The van der Waals surface area contributed by atoms with Crippen LogP contribution in [0.4, 0.5) is 0 Å². The SMILES string of the molecule is CC(C)C(C)(C)OB(O)C1=CCCNC1. The highest BCUT2D eigenvalue weighted by atomic mass is 16.5. The second kappa shape index (κ2) is 5.15. The minimum Gasteiger partial charge on any atom is -0.423 e. The normalized spacial score (nSPS) is 17.9. The highest BCUT2D eigenvalue weighted by Crippen LogP contribution is 2.22. The topological polar surface area (TPSA) is 41.5 Å². The van der Waals surface area contributed by atoms with Crippen LogP contribution in [0.2, 0.25) is 0 Å². The molecule has 0 radical (unpaired) electrons. The van der Waals surface area contributed by atoms with Gasteiger partial charge in [0.15, 0.2) is 0 Å². The molecule has 0 saturated carbocycles. The molecule has 4 heteroatoms. The summed E-state index contributed by atoms with van der Waals surface area (Å²) < 4.78 is 5.69. The Morgan fingerprint density at radius 2 is 2.20 bits per heavy atom. The zero-order valence-corrected chi connectivity index (χ0v) is 10.2. The van der Waals surface area contributed by atoms with Crippen molar-refractivity contribution in [1.82, 2.24) is 5.32 Å². The summed E-state index contributed by atoms with van der Waals surface area (Å²) in [5.41, 5.74) is 0.660. The van der Waals surface area contributed by atoms with E-state index in [9.17, 15) is 5.02 Å². The molecule has 3 nitrogen and oxygen atoms in total. The van der Waals surface area contributed by atoms with Gasteiger partial charge < -0.3 is 15.0 Å². The van der Waals surface area contributed by atoms with Gasteiger partial charge in [-0.25, -0.2) is 0 Å². The van der Waals surface area contributed by atoms with Gasteiger partial charge in [-0.3, -0.25) is 0 Å². The van der Waals surface area contributed by atoms with Crippen molar-refractivity contribution in [2.45, 2.75) is 39.7 Å². The van der Waals surface area contributed by atoms with Crippen molar-refractivity contribution < 1.29 is 9.68 Å². The zero-order chi connectivity index (χ0) is 11.5. The summed E-state index contributed by atoms with van der Waals surface area (Å²) in [4.78, 5) is 0. The molecule has 0 aromatic heterocycles. The summed E-state index contributed by atoms with van der Waals surface area (Å²) in [5.74, 6) is 0.379.